The number of sulfonamides is 1. The maximum Gasteiger partial charge on any atom is 0.254 e. The molecule has 3 N–H and O–H groups in total. The second kappa shape index (κ2) is 7.11. The second-order valence-corrected chi connectivity index (χ2v) is 8.59. The molecule has 1 aromatic carbocycles. The SMILES string of the molecule is NS(=O)(=O)c1cc(C(=O)N2CCC(Nc3ccccc3F)CC2)cs1. The smallest absolute Gasteiger partial charge is 0.254 e. The molecule has 1 aliphatic heterocycles. The van der Waals surface area contributed by atoms with Crippen LogP contribution < -0.4 is 10.5 Å². The topological polar surface area (TPSA) is 92.5 Å². The monoisotopic (exact) mass is 383 g/mol. The molecular formula is C16H18FN3O3S2. The van der Waals surface area contributed by atoms with Crippen molar-refractivity contribution in [3.63, 3.8) is 0 Å². The summed E-state index contributed by atoms with van der Waals surface area (Å²) in [6, 6.07) is 7.89. The summed E-state index contributed by atoms with van der Waals surface area (Å²) in [6.07, 6.45) is 1.37. The molecule has 0 atom stereocenters. The Balaban J connectivity index is 1.59. The Hall–Kier alpha value is -1.97. The molecule has 1 amide bonds. The number of para-hydroxylation sites is 1. The van der Waals surface area contributed by atoms with E-state index in [0.29, 0.717) is 37.2 Å². The highest BCUT2D eigenvalue weighted by atomic mass is 32.2. The number of likely N-dealkylation sites (tertiary alicyclic amines) is 1. The third kappa shape index (κ3) is 4.17. The standard InChI is InChI=1S/C16H18FN3O3S2/c17-13-3-1-2-4-14(13)19-12-5-7-20(8-6-12)16(21)11-9-15(24-10-11)25(18,22)23/h1-4,9-10,12,19H,5-8H2,(H2,18,22,23). The van der Waals surface area contributed by atoms with Crippen LogP contribution in [0.1, 0.15) is 23.2 Å². The quantitative estimate of drug-likeness (QED) is 0.847. The molecule has 25 heavy (non-hydrogen) atoms. The molecule has 9 heteroatoms. The van der Waals surface area contributed by atoms with Gasteiger partial charge in [0, 0.05) is 24.5 Å². The van der Waals surface area contributed by atoms with Crippen molar-refractivity contribution in [1.82, 2.24) is 4.90 Å². The Morgan fingerprint density at radius 3 is 2.56 bits per heavy atom. The van der Waals surface area contributed by atoms with Gasteiger partial charge in [-0.05, 0) is 31.0 Å². The molecule has 1 saturated heterocycles. The first-order valence-corrected chi connectivity index (χ1v) is 10.2. The molecule has 0 saturated carbocycles. The second-order valence-electron chi connectivity index (χ2n) is 5.89. The number of halogens is 1. The molecule has 1 aliphatic rings. The minimum atomic E-state index is -3.79. The molecule has 2 heterocycles. The lowest BCUT2D eigenvalue weighted by Gasteiger charge is -2.32. The molecule has 2 aromatic rings. The number of thiophene rings is 1. The predicted molar refractivity (Wildman–Crippen MR) is 94.6 cm³/mol. The average Bonchev–Trinajstić information content (AvgIpc) is 3.07. The van der Waals surface area contributed by atoms with E-state index in [2.05, 4.69) is 5.32 Å². The van der Waals surface area contributed by atoms with Crippen molar-refractivity contribution in [2.75, 3.05) is 18.4 Å². The van der Waals surface area contributed by atoms with Gasteiger partial charge in [-0.1, -0.05) is 12.1 Å². The van der Waals surface area contributed by atoms with Gasteiger partial charge in [-0.2, -0.15) is 0 Å². The van der Waals surface area contributed by atoms with Crippen molar-refractivity contribution in [2.45, 2.75) is 23.1 Å². The normalized spacial score (nSPS) is 16.0. The zero-order valence-electron chi connectivity index (χ0n) is 13.3. The molecule has 6 nitrogen and oxygen atoms in total. The maximum atomic E-state index is 13.7. The van der Waals surface area contributed by atoms with Crippen molar-refractivity contribution in [3.8, 4) is 0 Å². The Bertz CT molecular complexity index is 874. The van der Waals surface area contributed by atoms with Crippen LogP contribution in [0.15, 0.2) is 39.9 Å². The van der Waals surface area contributed by atoms with Crippen LogP contribution in [0.3, 0.4) is 0 Å². The number of rotatable bonds is 4. The van der Waals surface area contributed by atoms with Gasteiger partial charge in [-0.15, -0.1) is 11.3 Å². The summed E-state index contributed by atoms with van der Waals surface area (Å²) in [5.74, 6) is -0.509. The average molecular weight is 383 g/mol. The number of primary sulfonamides is 1. The fourth-order valence-electron chi connectivity index (χ4n) is 2.79. The fourth-order valence-corrected chi connectivity index (χ4v) is 4.36. The fraction of sp³-hybridized carbons (Fsp3) is 0.312. The third-order valence-corrected chi connectivity index (χ3v) is 6.50. The van der Waals surface area contributed by atoms with Gasteiger partial charge in [0.2, 0.25) is 10.0 Å². The molecule has 134 valence electrons. The lowest BCUT2D eigenvalue weighted by molar-refractivity contribution is 0.0719. The summed E-state index contributed by atoms with van der Waals surface area (Å²) in [4.78, 5) is 14.2. The first-order valence-electron chi connectivity index (χ1n) is 7.76. The van der Waals surface area contributed by atoms with E-state index in [1.165, 1.54) is 17.5 Å². The van der Waals surface area contributed by atoms with Crippen molar-refractivity contribution >= 4 is 33.0 Å². The molecule has 1 aromatic heterocycles. The van der Waals surface area contributed by atoms with E-state index in [1.807, 2.05) is 0 Å². The van der Waals surface area contributed by atoms with E-state index in [1.54, 1.807) is 23.1 Å². The van der Waals surface area contributed by atoms with Crippen LogP contribution in [0.25, 0.3) is 0 Å². The van der Waals surface area contributed by atoms with Gasteiger partial charge in [0.05, 0.1) is 11.3 Å². The summed E-state index contributed by atoms with van der Waals surface area (Å²) < 4.78 is 36.3. The van der Waals surface area contributed by atoms with E-state index in [4.69, 9.17) is 5.14 Å². The number of hydrogen-bond donors (Lipinski definition) is 2. The van der Waals surface area contributed by atoms with E-state index >= 15 is 0 Å². The molecule has 3 rings (SSSR count). The van der Waals surface area contributed by atoms with Crippen LogP contribution in [-0.2, 0) is 10.0 Å². The lowest BCUT2D eigenvalue weighted by atomic mass is 10.0. The van der Waals surface area contributed by atoms with Crippen molar-refractivity contribution in [1.29, 1.82) is 0 Å². The minimum absolute atomic E-state index is 0.0213. The van der Waals surface area contributed by atoms with Gasteiger partial charge in [-0.3, -0.25) is 4.79 Å². The highest BCUT2D eigenvalue weighted by Gasteiger charge is 2.25. The van der Waals surface area contributed by atoms with E-state index in [0.717, 1.165) is 11.3 Å². The summed E-state index contributed by atoms with van der Waals surface area (Å²) in [6.45, 7) is 1.04. The number of nitrogens with one attached hydrogen (secondary N) is 1. The molecule has 1 fully saturated rings. The van der Waals surface area contributed by atoms with E-state index in [9.17, 15) is 17.6 Å². The van der Waals surface area contributed by atoms with E-state index in [-0.39, 0.29) is 22.0 Å². The molecule has 0 bridgehead atoms. The van der Waals surface area contributed by atoms with Crippen LogP contribution in [0.4, 0.5) is 10.1 Å². The van der Waals surface area contributed by atoms with Crippen LogP contribution in [-0.4, -0.2) is 38.4 Å². The number of carbonyl (C=O) groups is 1. The lowest BCUT2D eigenvalue weighted by Crippen LogP contribution is -2.42. The maximum absolute atomic E-state index is 13.7. The number of piperidine rings is 1. The first-order chi connectivity index (χ1) is 11.8. The predicted octanol–water partition coefficient (Wildman–Crippen LogP) is 2.25. The number of nitrogens with zero attached hydrogens (tertiary/aromatic N) is 1. The number of amides is 1. The summed E-state index contributed by atoms with van der Waals surface area (Å²) in [7, 11) is -3.79. The van der Waals surface area contributed by atoms with Crippen LogP contribution in [0, 0.1) is 5.82 Å². The molecule has 0 unspecified atom stereocenters. The van der Waals surface area contributed by atoms with Crippen LogP contribution in [0.5, 0.6) is 0 Å². The van der Waals surface area contributed by atoms with Gasteiger partial charge in [0.15, 0.2) is 0 Å². The van der Waals surface area contributed by atoms with E-state index < -0.39 is 10.0 Å². The van der Waals surface area contributed by atoms with Crippen molar-refractivity contribution < 1.29 is 17.6 Å². The van der Waals surface area contributed by atoms with Gasteiger partial charge >= 0.3 is 0 Å². The molecule has 0 aliphatic carbocycles. The highest BCUT2D eigenvalue weighted by molar-refractivity contribution is 7.91. The zero-order chi connectivity index (χ0) is 18.0. The zero-order valence-corrected chi connectivity index (χ0v) is 14.9. The molecular weight excluding hydrogens is 365 g/mol. The minimum Gasteiger partial charge on any atom is -0.380 e. The van der Waals surface area contributed by atoms with Gasteiger partial charge < -0.3 is 10.2 Å². The van der Waals surface area contributed by atoms with Crippen LogP contribution >= 0.6 is 11.3 Å². The van der Waals surface area contributed by atoms with Crippen molar-refractivity contribution in [2.24, 2.45) is 5.14 Å². The van der Waals surface area contributed by atoms with Crippen LogP contribution in [0.2, 0.25) is 0 Å². The van der Waals surface area contributed by atoms with Gasteiger partial charge in [0.1, 0.15) is 10.0 Å². The molecule has 0 spiro atoms. The Morgan fingerprint density at radius 2 is 1.96 bits per heavy atom. The largest absolute Gasteiger partial charge is 0.380 e. The number of nitrogens with two attached hydrogens (primary N) is 1. The Kier molecular flexibility index (Phi) is 5.07. The number of hydrogen-bond acceptors (Lipinski definition) is 5. The third-order valence-electron chi connectivity index (χ3n) is 4.12. The van der Waals surface area contributed by atoms with Gasteiger partial charge in [-0.25, -0.2) is 17.9 Å². The molecule has 0 radical (unpaired) electrons. The summed E-state index contributed by atoms with van der Waals surface area (Å²) >= 11 is 0.938. The summed E-state index contributed by atoms with van der Waals surface area (Å²) in [5.41, 5.74) is 0.789. The van der Waals surface area contributed by atoms with Gasteiger partial charge in [0.25, 0.3) is 5.91 Å². The Labute approximate surface area is 149 Å². The number of anilines is 1. The number of benzene rings is 1. The number of carbonyl (C=O) groups excluding carboxylic acids is 1. The van der Waals surface area contributed by atoms with Crippen molar-refractivity contribution in [3.05, 3.63) is 47.1 Å². The first kappa shape index (κ1) is 17.8. The Morgan fingerprint density at radius 1 is 1.28 bits per heavy atom. The highest BCUT2D eigenvalue weighted by Crippen LogP contribution is 2.23. The summed E-state index contributed by atoms with van der Waals surface area (Å²) in [5, 5.41) is 9.74.